The van der Waals surface area contributed by atoms with Gasteiger partial charge in [0.25, 0.3) is 5.91 Å². The van der Waals surface area contributed by atoms with E-state index in [0.717, 1.165) is 27.2 Å². The molecular weight excluding hydrogens is 434 g/mol. The fourth-order valence-corrected chi connectivity index (χ4v) is 4.26. The SMILES string of the molecule is CCOc1ccc(/C=C2/SC(=S)N(c3ccc(OC)cc3)C2=O)cc1Br. The molecule has 0 atom stereocenters. The van der Waals surface area contributed by atoms with Crippen LogP contribution in [0.3, 0.4) is 0 Å². The maximum absolute atomic E-state index is 12.8. The van der Waals surface area contributed by atoms with Crippen molar-refractivity contribution >= 4 is 61.9 Å². The predicted molar refractivity (Wildman–Crippen MR) is 114 cm³/mol. The number of thiocarbonyl (C=S) groups is 1. The van der Waals surface area contributed by atoms with Crippen molar-refractivity contribution in [3.05, 3.63) is 57.4 Å². The highest BCUT2D eigenvalue weighted by molar-refractivity contribution is 9.10. The fourth-order valence-electron chi connectivity index (χ4n) is 2.45. The summed E-state index contributed by atoms with van der Waals surface area (Å²) in [5.74, 6) is 1.37. The van der Waals surface area contributed by atoms with Crippen LogP contribution in [0.1, 0.15) is 12.5 Å². The molecule has 3 rings (SSSR count). The van der Waals surface area contributed by atoms with Crippen LogP contribution in [0.4, 0.5) is 5.69 Å². The Hall–Kier alpha value is -1.83. The van der Waals surface area contributed by atoms with Crippen LogP contribution < -0.4 is 14.4 Å². The number of hydrogen-bond acceptors (Lipinski definition) is 5. The Kier molecular flexibility index (Phi) is 6.01. The number of benzene rings is 2. The van der Waals surface area contributed by atoms with Gasteiger partial charge in [-0.2, -0.15) is 0 Å². The van der Waals surface area contributed by atoms with Gasteiger partial charge in [0.05, 0.1) is 28.8 Å². The average Bonchev–Trinajstić information content (AvgIpc) is 2.91. The quantitative estimate of drug-likeness (QED) is 0.459. The predicted octanol–water partition coefficient (Wildman–Crippen LogP) is 5.26. The van der Waals surface area contributed by atoms with Crippen LogP contribution in [0.2, 0.25) is 0 Å². The summed E-state index contributed by atoms with van der Waals surface area (Å²) in [6, 6.07) is 13.0. The molecule has 0 aromatic heterocycles. The Morgan fingerprint density at radius 2 is 1.96 bits per heavy atom. The molecule has 1 aliphatic rings. The van der Waals surface area contributed by atoms with Gasteiger partial charge < -0.3 is 9.47 Å². The molecule has 0 aliphatic carbocycles. The maximum atomic E-state index is 12.8. The van der Waals surface area contributed by atoms with Crippen molar-refractivity contribution in [1.82, 2.24) is 0 Å². The largest absolute Gasteiger partial charge is 0.497 e. The lowest BCUT2D eigenvalue weighted by atomic mass is 10.2. The van der Waals surface area contributed by atoms with Crippen molar-refractivity contribution in [2.75, 3.05) is 18.6 Å². The zero-order valence-electron chi connectivity index (χ0n) is 14.2. The molecule has 1 amide bonds. The first-order chi connectivity index (χ1) is 12.5. The van der Waals surface area contributed by atoms with Crippen LogP contribution in [-0.2, 0) is 4.79 Å². The highest BCUT2D eigenvalue weighted by atomic mass is 79.9. The molecule has 2 aromatic rings. The molecule has 0 spiro atoms. The number of rotatable bonds is 5. The maximum Gasteiger partial charge on any atom is 0.270 e. The zero-order chi connectivity index (χ0) is 18.7. The number of thioether (sulfide) groups is 1. The second kappa shape index (κ2) is 8.24. The highest BCUT2D eigenvalue weighted by Crippen LogP contribution is 2.37. The van der Waals surface area contributed by atoms with Crippen LogP contribution in [0.25, 0.3) is 6.08 Å². The third-order valence-electron chi connectivity index (χ3n) is 3.68. The lowest BCUT2D eigenvalue weighted by Crippen LogP contribution is -2.27. The molecule has 1 fully saturated rings. The molecule has 26 heavy (non-hydrogen) atoms. The molecule has 0 unspecified atom stereocenters. The van der Waals surface area contributed by atoms with E-state index in [2.05, 4.69) is 15.9 Å². The first-order valence-electron chi connectivity index (χ1n) is 7.88. The lowest BCUT2D eigenvalue weighted by Gasteiger charge is -2.14. The van der Waals surface area contributed by atoms with Crippen molar-refractivity contribution in [3.8, 4) is 11.5 Å². The van der Waals surface area contributed by atoms with Crippen LogP contribution in [0.15, 0.2) is 51.8 Å². The summed E-state index contributed by atoms with van der Waals surface area (Å²) in [4.78, 5) is 14.9. The summed E-state index contributed by atoms with van der Waals surface area (Å²) in [6.07, 6.45) is 1.84. The number of nitrogens with zero attached hydrogens (tertiary/aromatic N) is 1. The Balaban J connectivity index is 1.85. The Morgan fingerprint density at radius 1 is 1.23 bits per heavy atom. The van der Waals surface area contributed by atoms with E-state index in [4.69, 9.17) is 21.7 Å². The number of halogens is 1. The fraction of sp³-hybridized carbons (Fsp3) is 0.158. The zero-order valence-corrected chi connectivity index (χ0v) is 17.4. The summed E-state index contributed by atoms with van der Waals surface area (Å²) >= 11 is 10.2. The number of anilines is 1. The smallest absolute Gasteiger partial charge is 0.270 e. The first kappa shape index (κ1) is 18.9. The van der Waals surface area contributed by atoms with Gasteiger partial charge in [-0.1, -0.05) is 30.0 Å². The third kappa shape index (κ3) is 3.95. The molecule has 1 aliphatic heterocycles. The van der Waals surface area contributed by atoms with E-state index in [1.165, 1.54) is 16.7 Å². The molecule has 2 aromatic carbocycles. The van der Waals surface area contributed by atoms with Gasteiger partial charge in [-0.05, 0) is 70.9 Å². The molecule has 4 nitrogen and oxygen atoms in total. The minimum atomic E-state index is -0.129. The standard InChI is InChI=1S/C19H16BrNO3S2/c1-3-24-16-9-4-12(10-15(16)20)11-17-18(22)21(19(25)26-17)13-5-7-14(23-2)8-6-13/h4-11H,3H2,1-2H3/b17-11+. The van der Waals surface area contributed by atoms with Crippen molar-refractivity contribution in [1.29, 1.82) is 0 Å². The molecule has 0 radical (unpaired) electrons. The van der Waals surface area contributed by atoms with Gasteiger partial charge in [0, 0.05) is 0 Å². The number of hydrogen-bond donors (Lipinski definition) is 0. The average molecular weight is 450 g/mol. The Labute approximate surface area is 170 Å². The van der Waals surface area contributed by atoms with Crippen molar-refractivity contribution in [2.45, 2.75) is 6.92 Å². The second-order valence-corrected chi connectivity index (χ2v) is 7.87. The number of methoxy groups -OCH3 is 1. The van der Waals surface area contributed by atoms with E-state index in [-0.39, 0.29) is 5.91 Å². The lowest BCUT2D eigenvalue weighted by molar-refractivity contribution is -0.113. The van der Waals surface area contributed by atoms with Crippen LogP contribution in [0.5, 0.6) is 11.5 Å². The first-order valence-corrected chi connectivity index (χ1v) is 9.89. The van der Waals surface area contributed by atoms with Gasteiger partial charge in [0.1, 0.15) is 11.5 Å². The normalized spacial score (nSPS) is 15.7. The number of carbonyl (C=O) groups excluding carboxylic acids is 1. The van der Waals surface area contributed by atoms with E-state index in [1.807, 2.05) is 43.3 Å². The van der Waals surface area contributed by atoms with E-state index in [0.29, 0.717) is 15.8 Å². The summed E-state index contributed by atoms with van der Waals surface area (Å²) in [6.45, 7) is 2.53. The van der Waals surface area contributed by atoms with Gasteiger partial charge in [-0.15, -0.1) is 0 Å². The van der Waals surface area contributed by atoms with Gasteiger partial charge in [0.15, 0.2) is 4.32 Å². The van der Waals surface area contributed by atoms with Crippen molar-refractivity contribution < 1.29 is 14.3 Å². The molecule has 7 heteroatoms. The van der Waals surface area contributed by atoms with E-state index in [1.54, 1.807) is 19.2 Å². The Morgan fingerprint density at radius 3 is 2.58 bits per heavy atom. The number of carbonyl (C=O) groups is 1. The monoisotopic (exact) mass is 449 g/mol. The van der Waals surface area contributed by atoms with E-state index in [9.17, 15) is 4.79 Å². The van der Waals surface area contributed by atoms with Gasteiger partial charge in [0.2, 0.25) is 0 Å². The molecule has 1 heterocycles. The molecule has 0 N–H and O–H groups in total. The van der Waals surface area contributed by atoms with Crippen molar-refractivity contribution in [2.24, 2.45) is 0 Å². The van der Waals surface area contributed by atoms with Crippen molar-refractivity contribution in [3.63, 3.8) is 0 Å². The summed E-state index contributed by atoms with van der Waals surface area (Å²) < 4.78 is 12.0. The van der Waals surface area contributed by atoms with Crippen LogP contribution in [-0.4, -0.2) is 23.9 Å². The topological polar surface area (TPSA) is 38.8 Å². The summed E-state index contributed by atoms with van der Waals surface area (Å²) in [5.41, 5.74) is 1.63. The second-order valence-electron chi connectivity index (χ2n) is 5.34. The van der Waals surface area contributed by atoms with Crippen LogP contribution in [0, 0.1) is 0 Å². The van der Waals surface area contributed by atoms with Gasteiger partial charge in [-0.25, -0.2) is 0 Å². The van der Waals surface area contributed by atoms with Crippen LogP contribution >= 0.6 is 39.9 Å². The highest BCUT2D eigenvalue weighted by Gasteiger charge is 2.33. The van der Waals surface area contributed by atoms with E-state index >= 15 is 0 Å². The minimum absolute atomic E-state index is 0.129. The van der Waals surface area contributed by atoms with E-state index < -0.39 is 0 Å². The number of ether oxygens (including phenoxy) is 2. The minimum Gasteiger partial charge on any atom is -0.497 e. The van der Waals surface area contributed by atoms with Gasteiger partial charge >= 0.3 is 0 Å². The molecule has 0 saturated carbocycles. The number of amides is 1. The molecule has 0 bridgehead atoms. The summed E-state index contributed by atoms with van der Waals surface area (Å²) in [7, 11) is 1.60. The molecular formula is C19H16BrNO3S2. The summed E-state index contributed by atoms with van der Waals surface area (Å²) in [5, 5.41) is 0. The van der Waals surface area contributed by atoms with Gasteiger partial charge in [-0.3, -0.25) is 9.69 Å². The molecule has 134 valence electrons. The Bertz CT molecular complexity index is 881. The third-order valence-corrected chi connectivity index (χ3v) is 5.60. The molecule has 1 saturated heterocycles.